The normalized spacial score (nSPS) is 18.0. The number of likely N-dealkylation sites (N-methyl/N-ethyl adjacent to an activating group) is 1. The molecule has 0 saturated carbocycles. The lowest BCUT2D eigenvalue weighted by atomic mass is 9.99. The molecule has 0 unspecified atom stereocenters. The van der Waals surface area contributed by atoms with E-state index >= 15 is 0 Å². The van der Waals surface area contributed by atoms with E-state index in [0.717, 1.165) is 18.8 Å². The summed E-state index contributed by atoms with van der Waals surface area (Å²) >= 11 is 0. The van der Waals surface area contributed by atoms with Crippen molar-refractivity contribution in [3.8, 4) is 11.3 Å². The first-order chi connectivity index (χ1) is 17.4. The standard InChI is InChI=1S/C26H32F3N7O/c1-25(2,3)37-21-15-35(16-21)11-18-6-5-17(9-22(18)26(27,28)29)23-7-8-30-24(33-23)32-19-10-31-36(12-19)20-13-34(4)14-20/h5-10,12,20-21H,11,13-16H2,1-4H3,(H,30,32,33). The Labute approximate surface area is 214 Å². The van der Waals surface area contributed by atoms with E-state index in [2.05, 4.69) is 32.3 Å². The van der Waals surface area contributed by atoms with Gasteiger partial charge in [0, 0.05) is 50.7 Å². The number of alkyl halides is 3. The molecule has 0 amide bonds. The molecule has 37 heavy (non-hydrogen) atoms. The maximum absolute atomic E-state index is 14.0. The Bertz CT molecular complexity index is 1240. The van der Waals surface area contributed by atoms with E-state index in [0.29, 0.717) is 36.3 Å². The molecule has 11 heteroatoms. The molecule has 1 aromatic carbocycles. The van der Waals surface area contributed by atoms with Crippen LogP contribution in [0.4, 0.5) is 24.8 Å². The third kappa shape index (κ3) is 6.11. The maximum Gasteiger partial charge on any atom is 0.416 e. The largest absolute Gasteiger partial charge is 0.416 e. The summed E-state index contributed by atoms with van der Waals surface area (Å²) in [7, 11) is 2.05. The van der Waals surface area contributed by atoms with Crippen molar-refractivity contribution in [1.82, 2.24) is 29.5 Å². The summed E-state index contributed by atoms with van der Waals surface area (Å²) in [5, 5.41) is 7.50. The van der Waals surface area contributed by atoms with Gasteiger partial charge in [-0.05, 0) is 45.5 Å². The second kappa shape index (κ2) is 9.70. The van der Waals surface area contributed by atoms with Gasteiger partial charge in [-0.25, -0.2) is 9.97 Å². The zero-order chi connectivity index (χ0) is 26.4. The van der Waals surface area contributed by atoms with Crippen molar-refractivity contribution < 1.29 is 17.9 Å². The Balaban J connectivity index is 1.29. The summed E-state index contributed by atoms with van der Waals surface area (Å²) in [6.45, 7) is 9.26. The summed E-state index contributed by atoms with van der Waals surface area (Å²) in [5.74, 6) is 0.297. The molecule has 0 radical (unpaired) electrons. The third-order valence-corrected chi connectivity index (χ3v) is 6.48. The van der Waals surface area contributed by atoms with E-state index in [-0.39, 0.29) is 23.8 Å². The molecule has 0 spiro atoms. The zero-order valence-corrected chi connectivity index (χ0v) is 21.5. The number of likely N-dealkylation sites (tertiary alicyclic amines) is 2. The molecule has 2 fully saturated rings. The summed E-state index contributed by atoms with van der Waals surface area (Å²) in [6, 6.07) is 6.35. The SMILES string of the molecule is CN1CC(n2cc(Nc3nccc(-c4ccc(CN5CC(OC(C)(C)C)C5)c(C(F)(F)F)c4)n3)cn2)C1. The Morgan fingerprint density at radius 1 is 1.08 bits per heavy atom. The molecule has 1 N–H and O–H groups in total. The molecule has 8 nitrogen and oxygen atoms in total. The summed E-state index contributed by atoms with van der Waals surface area (Å²) < 4.78 is 49.8. The van der Waals surface area contributed by atoms with Crippen molar-refractivity contribution in [3.63, 3.8) is 0 Å². The number of hydrogen-bond donors (Lipinski definition) is 1. The lowest BCUT2D eigenvalue weighted by Gasteiger charge is -2.42. The number of nitrogens with one attached hydrogen (secondary N) is 1. The number of rotatable bonds is 7. The van der Waals surface area contributed by atoms with Crippen molar-refractivity contribution in [2.24, 2.45) is 0 Å². The van der Waals surface area contributed by atoms with Crippen LogP contribution in [0.3, 0.4) is 0 Å². The number of nitrogens with zero attached hydrogens (tertiary/aromatic N) is 6. The molecule has 198 valence electrons. The van der Waals surface area contributed by atoms with Crippen LogP contribution in [0.5, 0.6) is 0 Å². The van der Waals surface area contributed by atoms with Gasteiger partial charge in [-0.15, -0.1) is 0 Å². The summed E-state index contributed by atoms with van der Waals surface area (Å²) in [6.07, 6.45) is 0.680. The van der Waals surface area contributed by atoms with Crippen molar-refractivity contribution in [2.75, 3.05) is 38.5 Å². The molecule has 2 aromatic heterocycles. The van der Waals surface area contributed by atoms with Gasteiger partial charge in [-0.1, -0.05) is 12.1 Å². The summed E-state index contributed by atoms with van der Waals surface area (Å²) in [5.41, 5.74) is 0.838. The van der Waals surface area contributed by atoms with E-state index in [9.17, 15) is 13.2 Å². The lowest BCUT2D eigenvalue weighted by molar-refractivity contribution is -0.140. The molecule has 0 atom stereocenters. The van der Waals surface area contributed by atoms with Crippen molar-refractivity contribution in [3.05, 3.63) is 54.0 Å². The smallest absolute Gasteiger partial charge is 0.370 e. The van der Waals surface area contributed by atoms with Crippen LogP contribution >= 0.6 is 0 Å². The number of hydrogen-bond acceptors (Lipinski definition) is 7. The minimum absolute atomic E-state index is 0.0442. The van der Waals surface area contributed by atoms with Crippen LogP contribution < -0.4 is 5.32 Å². The topological polar surface area (TPSA) is 71.3 Å². The first-order valence-electron chi connectivity index (χ1n) is 12.4. The number of ether oxygens (including phenoxy) is 1. The average Bonchev–Trinajstić information content (AvgIpc) is 3.22. The minimum Gasteiger partial charge on any atom is -0.370 e. The van der Waals surface area contributed by atoms with Gasteiger partial charge in [0.25, 0.3) is 0 Å². The molecule has 2 aliphatic heterocycles. The number of aromatic nitrogens is 4. The van der Waals surface area contributed by atoms with Gasteiger partial charge in [0.15, 0.2) is 0 Å². The first-order valence-corrected chi connectivity index (χ1v) is 12.4. The molecule has 2 aliphatic rings. The second-order valence-electron chi connectivity index (χ2n) is 10.9. The van der Waals surface area contributed by atoms with E-state index in [1.165, 1.54) is 12.3 Å². The highest BCUT2D eigenvalue weighted by atomic mass is 19.4. The highest BCUT2D eigenvalue weighted by molar-refractivity contribution is 5.63. The second-order valence-corrected chi connectivity index (χ2v) is 10.9. The Hall–Kier alpha value is -3.02. The minimum atomic E-state index is -4.48. The average molecular weight is 516 g/mol. The Kier molecular flexibility index (Phi) is 6.71. The lowest BCUT2D eigenvalue weighted by Crippen LogP contribution is -2.53. The van der Waals surface area contributed by atoms with Crippen LogP contribution in [-0.4, -0.2) is 74.5 Å². The van der Waals surface area contributed by atoms with Crippen LogP contribution in [0.15, 0.2) is 42.9 Å². The van der Waals surface area contributed by atoms with Crippen molar-refractivity contribution in [2.45, 2.75) is 51.2 Å². The fraction of sp³-hybridized carbons (Fsp3) is 0.500. The third-order valence-electron chi connectivity index (χ3n) is 6.48. The molecule has 3 aromatic rings. The van der Waals surface area contributed by atoms with Crippen LogP contribution in [0.25, 0.3) is 11.3 Å². The van der Waals surface area contributed by atoms with Crippen molar-refractivity contribution >= 4 is 11.6 Å². The van der Waals surface area contributed by atoms with Crippen LogP contribution in [-0.2, 0) is 17.5 Å². The van der Waals surface area contributed by atoms with E-state index < -0.39 is 11.7 Å². The zero-order valence-electron chi connectivity index (χ0n) is 21.5. The van der Waals surface area contributed by atoms with Gasteiger partial charge in [0.2, 0.25) is 5.95 Å². The molecule has 2 saturated heterocycles. The highest BCUT2D eigenvalue weighted by Crippen LogP contribution is 2.36. The van der Waals surface area contributed by atoms with Gasteiger partial charge in [-0.2, -0.15) is 18.3 Å². The molecule has 0 bridgehead atoms. The van der Waals surface area contributed by atoms with Gasteiger partial charge in [0.05, 0.1) is 40.9 Å². The van der Waals surface area contributed by atoms with Gasteiger partial charge in [-0.3, -0.25) is 9.58 Å². The highest BCUT2D eigenvalue weighted by Gasteiger charge is 2.36. The molecular formula is C26H32F3N7O. The monoisotopic (exact) mass is 515 g/mol. The van der Waals surface area contributed by atoms with Crippen LogP contribution in [0.1, 0.15) is 37.9 Å². The van der Waals surface area contributed by atoms with Gasteiger partial charge < -0.3 is 15.0 Å². The Morgan fingerprint density at radius 2 is 1.84 bits per heavy atom. The Morgan fingerprint density at radius 3 is 2.51 bits per heavy atom. The van der Waals surface area contributed by atoms with E-state index in [4.69, 9.17) is 4.74 Å². The van der Waals surface area contributed by atoms with Crippen molar-refractivity contribution in [1.29, 1.82) is 0 Å². The fourth-order valence-corrected chi connectivity index (χ4v) is 4.75. The first kappa shape index (κ1) is 25.6. The number of anilines is 2. The molecule has 4 heterocycles. The van der Waals surface area contributed by atoms with Crippen LogP contribution in [0.2, 0.25) is 0 Å². The van der Waals surface area contributed by atoms with Crippen LogP contribution in [0, 0.1) is 0 Å². The molecular weight excluding hydrogens is 483 g/mol. The van der Waals surface area contributed by atoms with Gasteiger partial charge in [0.1, 0.15) is 0 Å². The predicted octanol–water partition coefficient (Wildman–Crippen LogP) is 4.59. The molecule has 0 aliphatic carbocycles. The maximum atomic E-state index is 14.0. The van der Waals surface area contributed by atoms with Gasteiger partial charge >= 0.3 is 6.18 Å². The molecule has 5 rings (SSSR count). The van der Waals surface area contributed by atoms with E-state index in [1.54, 1.807) is 24.4 Å². The number of benzene rings is 1. The quantitative estimate of drug-likeness (QED) is 0.494. The predicted molar refractivity (Wildman–Crippen MR) is 134 cm³/mol. The van der Waals surface area contributed by atoms with E-state index in [1.807, 2.05) is 36.5 Å². The summed E-state index contributed by atoms with van der Waals surface area (Å²) in [4.78, 5) is 12.9. The fourth-order valence-electron chi connectivity index (χ4n) is 4.75. The number of halogens is 3.